The summed E-state index contributed by atoms with van der Waals surface area (Å²) >= 11 is 0. The Kier molecular flexibility index (Phi) is 4.53. The molecule has 0 spiro atoms. The van der Waals surface area contributed by atoms with E-state index in [0.29, 0.717) is 29.7 Å². The highest BCUT2D eigenvalue weighted by Gasteiger charge is 2.12. The molecule has 0 radical (unpaired) electrons. The molecule has 1 fully saturated rings. The van der Waals surface area contributed by atoms with Crippen LogP contribution in [0.1, 0.15) is 0 Å². The molecule has 25 heavy (non-hydrogen) atoms. The number of pyridine rings is 1. The second kappa shape index (κ2) is 7.12. The Labute approximate surface area is 144 Å². The number of nitrogens with zero attached hydrogens (tertiary/aromatic N) is 5. The molecule has 4 heterocycles. The van der Waals surface area contributed by atoms with Crippen molar-refractivity contribution in [1.29, 1.82) is 0 Å². The van der Waals surface area contributed by atoms with Crippen LogP contribution in [0.15, 0.2) is 36.8 Å². The number of hydrogen-bond donors (Lipinski definition) is 0. The number of rotatable bonds is 5. The van der Waals surface area contributed by atoms with Crippen LogP contribution in [0.5, 0.6) is 5.88 Å². The van der Waals surface area contributed by atoms with Crippen LogP contribution < -0.4 is 4.74 Å². The third kappa shape index (κ3) is 3.59. The maximum Gasteiger partial charge on any atom is 0.216 e. The van der Waals surface area contributed by atoms with Gasteiger partial charge in [-0.15, -0.1) is 0 Å². The second-order valence-corrected chi connectivity index (χ2v) is 5.74. The third-order valence-electron chi connectivity index (χ3n) is 4.09. The van der Waals surface area contributed by atoms with Gasteiger partial charge in [-0.25, -0.2) is 14.4 Å². The monoisotopic (exact) mass is 343 g/mol. The number of fused-ring (bicyclic) bond motifs is 1. The van der Waals surface area contributed by atoms with Crippen LogP contribution in [0.4, 0.5) is 4.39 Å². The maximum absolute atomic E-state index is 13.5. The largest absolute Gasteiger partial charge is 0.476 e. The molecule has 3 aromatic heterocycles. The molecule has 0 aromatic carbocycles. The van der Waals surface area contributed by atoms with E-state index in [9.17, 15) is 4.39 Å². The summed E-state index contributed by atoms with van der Waals surface area (Å²) < 4.78 is 26.2. The van der Waals surface area contributed by atoms with E-state index >= 15 is 0 Å². The lowest BCUT2D eigenvalue weighted by Crippen LogP contribution is -2.38. The van der Waals surface area contributed by atoms with Crippen molar-refractivity contribution in [2.45, 2.75) is 0 Å². The van der Waals surface area contributed by atoms with Crippen molar-refractivity contribution >= 4 is 5.65 Å². The fraction of sp³-hybridized carbons (Fsp3) is 0.353. The molecule has 1 saturated heterocycles. The maximum atomic E-state index is 13.5. The Balaban J connectivity index is 1.48. The van der Waals surface area contributed by atoms with Gasteiger partial charge < -0.3 is 9.47 Å². The first kappa shape index (κ1) is 15.9. The van der Waals surface area contributed by atoms with Crippen LogP contribution in [0.2, 0.25) is 0 Å². The van der Waals surface area contributed by atoms with Crippen molar-refractivity contribution in [3.63, 3.8) is 0 Å². The molecule has 1 aliphatic rings. The SMILES string of the molecule is Fc1ccc2ncc(-c3nccc(OCCN4CCOCC4)n3)n2c1. The first-order valence-electron chi connectivity index (χ1n) is 8.18. The Morgan fingerprint density at radius 1 is 1.16 bits per heavy atom. The molecule has 0 N–H and O–H groups in total. The van der Waals surface area contributed by atoms with Gasteiger partial charge in [-0.3, -0.25) is 9.30 Å². The molecule has 8 heteroatoms. The molecular weight excluding hydrogens is 325 g/mol. The van der Waals surface area contributed by atoms with E-state index in [1.54, 1.807) is 28.9 Å². The number of ether oxygens (including phenoxy) is 2. The number of imidazole rings is 1. The van der Waals surface area contributed by atoms with Crippen LogP contribution in [-0.4, -0.2) is 63.7 Å². The molecule has 3 aromatic rings. The molecule has 0 atom stereocenters. The standard InChI is InChI=1S/C17H18FN5O2/c18-13-1-2-15-20-11-14(23(15)12-13)17-19-4-3-16(21-17)25-10-7-22-5-8-24-9-6-22/h1-4,11-12H,5-10H2. The van der Waals surface area contributed by atoms with Gasteiger partial charge in [-0.2, -0.15) is 4.98 Å². The molecule has 1 aliphatic heterocycles. The van der Waals surface area contributed by atoms with Crippen LogP contribution in [-0.2, 0) is 4.74 Å². The van der Waals surface area contributed by atoms with Gasteiger partial charge in [0.1, 0.15) is 23.8 Å². The highest BCUT2D eigenvalue weighted by molar-refractivity contribution is 5.57. The van der Waals surface area contributed by atoms with Gasteiger partial charge in [0, 0.05) is 38.1 Å². The molecule has 0 saturated carbocycles. The number of hydrogen-bond acceptors (Lipinski definition) is 6. The Hall–Kier alpha value is -2.58. The number of aromatic nitrogens is 4. The normalized spacial score (nSPS) is 15.6. The molecule has 130 valence electrons. The Morgan fingerprint density at radius 2 is 2.04 bits per heavy atom. The fourth-order valence-electron chi connectivity index (χ4n) is 2.77. The highest BCUT2D eigenvalue weighted by Crippen LogP contribution is 2.19. The first-order chi connectivity index (χ1) is 12.3. The zero-order chi connectivity index (χ0) is 17.1. The molecule has 0 amide bonds. The first-order valence-corrected chi connectivity index (χ1v) is 8.18. The fourth-order valence-corrected chi connectivity index (χ4v) is 2.77. The van der Waals surface area contributed by atoms with Gasteiger partial charge in [0.2, 0.25) is 5.88 Å². The summed E-state index contributed by atoms with van der Waals surface area (Å²) in [6.07, 6.45) is 4.62. The third-order valence-corrected chi connectivity index (χ3v) is 4.09. The van der Waals surface area contributed by atoms with Crippen molar-refractivity contribution < 1.29 is 13.9 Å². The van der Waals surface area contributed by atoms with Gasteiger partial charge in [-0.05, 0) is 12.1 Å². The lowest BCUT2D eigenvalue weighted by atomic mass is 10.4. The van der Waals surface area contributed by atoms with E-state index in [1.165, 1.54) is 12.3 Å². The molecule has 0 bridgehead atoms. The summed E-state index contributed by atoms with van der Waals surface area (Å²) in [6.45, 7) is 4.74. The predicted octanol–water partition coefficient (Wildman–Crippen LogP) is 1.64. The van der Waals surface area contributed by atoms with Crippen LogP contribution in [0.25, 0.3) is 17.2 Å². The summed E-state index contributed by atoms with van der Waals surface area (Å²) in [7, 11) is 0. The van der Waals surface area contributed by atoms with E-state index in [2.05, 4.69) is 19.9 Å². The molecular formula is C17H18FN5O2. The van der Waals surface area contributed by atoms with Crippen molar-refractivity contribution in [1.82, 2.24) is 24.3 Å². The lowest BCUT2D eigenvalue weighted by molar-refractivity contribution is 0.0320. The molecule has 4 rings (SSSR count). The highest BCUT2D eigenvalue weighted by atomic mass is 19.1. The van der Waals surface area contributed by atoms with Crippen molar-refractivity contribution in [3.8, 4) is 17.4 Å². The van der Waals surface area contributed by atoms with Gasteiger partial charge in [-0.1, -0.05) is 0 Å². The summed E-state index contributed by atoms with van der Waals surface area (Å²) in [5, 5.41) is 0. The van der Waals surface area contributed by atoms with Gasteiger partial charge in [0.15, 0.2) is 5.82 Å². The average Bonchev–Trinajstić information content (AvgIpc) is 3.06. The van der Waals surface area contributed by atoms with Gasteiger partial charge >= 0.3 is 0 Å². The van der Waals surface area contributed by atoms with Crippen molar-refractivity contribution in [2.24, 2.45) is 0 Å². The molecule has 7 nitrogen and oxygen atoms in total. The van der Waals surface area contributed by atoms with Crippen LogP contribution in [0, 0.1) is 5.82 Å². The zero-order valence-corrected chi connectivity index (χ0v) is 13.6. The summed E-state index contributed by atoms with van der Waals surface area (Å²) in [5.41, 5.74) is 1.26. The van der Waals surface area contributed by atoms with Crippen molar-refractivity contribution in [2.75, 3.05) is 39.5 Å². The summed E-state index contributed by atoms with van der Waals surface area (Å²) in [4.78, 5) is 15.2. The minimum atomic E-state index is -0.343. The van der Waals surface area contributed by atoms with Crippen LogP contribution in [0.3, 0.4) is 0 Å². The van der Waals surface area contributed by atoms with Crippen LogP contribution >= 0.6 is 0 Å². The minimum absolute atomic E-state index is 0.343. The van der Waals surface area contributed by atoms with E-state index in [-0.39, 0.29) is 5.82 Å². The van der Waals surface area contributed by atoms with Gasteiger partial charge in [0.05, 0.1) is 19.4 Å². The summed E-state index contributed by atoms with van der Waals surface area (Å²) in [6, 6.07) is 4.70. The molecule has 0 unspecified atom stereocenters. The molecule has 0 aliphatic carbocycles. The predicted molar refractivity (Wildman–Crippen MR) is 88.9 cm³/mol. The van der Waals surface area contributed by atoms with Gasteiger partial charge in [0.25, 0.3) is 0 Å². The smallest absolute Gasteiger partial charge is 0.216 e. The quantitative estimate of drug-likeness (QED) is 0.702. The zero-order valence-electron chi connectivity index (χ0n) is 13.6. The van der Waals surface area contributed by atoms with E-state index in [0.717, 1.165) is 32.8 Å². The minimum Gasteiger partial charge on any atom is -0.476 e. The van der Waals surface area contributed by atoms with E-state index < -0.39 is 0 Å². The Bertz CT molecular complexity index is 863. The van der Waals surface area contributed by atoms with E-state index in [1.807, 2.05) is 0 Å². The number of morpholine rings is 1. The Morgan fingerprint density at radius 3 is 2.92 bits per heavy atom. The average molecular weight is 343 g/mol. The second-order valence-electron chi connectivity index (χ2n) is 5.74. The topological polar surface area (TPSA) is 64.8 Å². The lowest BCUT2D eigenvalue weighted by Gasteiger charge is -2.26. The number of halogens is 1. The van der Waals surface area contributed by atoms with Crippen molar-refractivity contribution in [3.05, 3.63) is 42.6 Å². The summed E-state index contributed by atoms with van der Waals surface area (Å²) in [5.74, 6) is 0.594. The van der Waals surface area contributed by atoms with E-state index in [4.69, 9.17) is 9.47 Å².